The van der Waals surface area contributed by atoms with E-state index in [1.807, 2.05) is 0 Å². The summed E-state index contributed by atoms with van der Waals surface area (Å²) in [6, 6.07) is 0. The van der Waals surface area contributed by atoms with Crippen LogP contribution in [-0.2, 0) is 9.47 Å². The van der Waals surface area contributed by atoms with Gasteiger partial charge in [-0.2, -0.15) is 0 Å². The maximum absolute atomic E-state index is 13.5. The van der Waals surface area contributed by atoms with Crippen molar-refractivity contribution < 1.29 is 18.7 Å². The van der Waals surface area contributed by atoms with E-state index in [0.29, 0.717) is 13.2 Å². The molecule has 1 unspecified atom stereocenters. The van der Waals surface area contributed by atoms with Gasteiger partial charge in [-0.15, -0.1) is 0 Å². The second-order valence-electron chi connectivity index (χ2n) is 5.02. The summed E-state index contributed by atoms with van der Waals surface area (Å²) in [6.07, 6.45) is -2.10. The van der Waals surface area contributed by atoms with Crippen molar-refractivity contribution in [3.63, 3.8) is 0 Å². The van der Waals surface area contributed by atoms with Crippen LogP contribution in [-0.4, -0.2) is 48.6 Å². The van der Waals surface area contributed by atoms with Crippen molar-refractivity contribution in [3.05, 3.63) is 0 Å². The van der Waals surface area contributed by atoms with E-state index in [1.165, 1.54) is 4.90 Å². The highest BCUT2D eigenvalue weighted by Gasteiger charge is 2.29. The van der Waals surface area contributed by atoms with Crippen LogP contribution in [0.4, 0.5) is 9.18 Å². The molecule has 1 heterocycles. The van der Waals surface area contributed by atoms with Gasteiger partial charge in [-0.05, 0) is 27.7 Å². The Morgan fingerprint density at radius 1 is 1.50 bits per heavy atom. The van der Waals surface area contributed by atoms with E-state index in [9.17, 15) is 9.18 Å². The van der Waals surface area contributed by atoms with Crippen molar-refractivity contribution >= 4 is 6.09 Å². The minimum absolute atomic E-state index is 0.0378. The number of alkyl halides is 1. The lowest BCUT2D eigenvalue weighted by molar-refractivity contribution is 0.0223. The highest BCUT2D eigenvalue weighted by molar-refractivity contribution is 5.68. The molecule has 5 heteroatoms. The molecule has 1 rings (SSSR count). The molecule has 0 aromatic heterocycles. The monoisotopic (exact) mass is 233 g/mol. The lowest BCUT2D eigenvalue weighted by Gasteiger charge is -2.26. The zero-order valence-corrected chi connectivity index (χ0v) is 10.3. The van der Waals surface area contributed by atoms with Gasteiger partial charge >= 0.3 is 6.09 Å². The molecule has 0 aromatic carbocycles. The van der Waals surface area contributed by atoms with Crippen molar-refractivity contribution in [2.24, 2.45) is 0 Å². The van der Waals surface area contributed by atoms with Gasteiger partial charge < -0.3 is 14.4 Å². The molecule has 0 aromatic rings. The van der Waals surface area contributed by atoms with E-state index in [2.05, 4.69) is 0 Å². The van der Waals surface area contributed by atoms with Gasteiger partial charge in [0.25, 0.3) is 0 Å². The topological polar surface area (TPSA) is 38.8 Å². The van der Waals surface area contributed by atoms with Gasteiger partial charge in [0.05, 0.1) is 19.3 Å². The van der Waals surface area contributed by atoms with Gasteiger partial charge in [-0.1, -0.05) is 0 Å². The van der Waals surface area contributed by atoms with Crippen LogP contribution >= 0.6 is 0 Å². The van der Waals surface area contributed by atoms with Crippen LogP contribution in [0.25, 0.3) is 0 Å². The number of amides is 1. The molecule has 2 atom stereocenters. The van der Waals surface area contributed by atoms with Crippen LogP contribution in [0.3, 0.4) is 0 Å². The van der Waals surface area contributed by atoms with Crippen LogP contribution in [0.15, 0.2) is 0 Å². The molecule has 0 bridgehead atoms. The molecule has 0 aliphatic carbocycles. The maximum atomic E-state index is 13.5. The second kappa shape index (κ2) is 4.99. The Morgan fingerprint density at radius 3 is 2.69 bits per heavy atom. The Kier molecular flexibility index (Phi) is 4.13. The van der Waals surface area contributed by atoms with Gasteiger partial charge in [0, 0.05) is 6.54 Å². The lowest BCUT2D eigenvalue weighted by atomic mass is 10.2. The van der Waals surface area contributed by atoms with Crippen LogP contribution in [0, 0.1) is 0 Å². The van der Waals surface area contributed by atoms with Crippen molar-refractivity contribution in [1.82, 2.24) is 4.90 Å². The minimum Gasteiger partial charge on any atom is -0.444 e. The summed E-state index contributed by atoms with van der Waals surface area (Å²) in [7, 11) is 0. The smallest absolute Gasteiger partial charge is 0.410 e. The Bertz CT molecular complexity index is 252. The number of carbonyl (C=O) groups is 1. The zero-order valence-electron chi connectivity index (χ0n) is 10.3. The van der Waals surface area contributed by atoms with Crippen LogP contribution in [0.2, 0.25) is 0 Å². The summed E-state index contributed by atoms with van der Waals surface area (Å²) in [5.74, 6) is 0. The summed E-state index contributed by atoms with van der Waals surface area (Å²) >= 11 is 0. The summed E-state index contributed by atoms with van der Waals surface area (Å²) < 4.78 is 23.9. The molecule has 0 saturated carbocycles. The summed E-state index contributed by atoms with van der Waals surface area (Å²) in [5.41, 5.74) is -0.554. The predicted octanol–water partition coefficient (Wildman–Crippen LogP) is 1.98. The molecule has 0 radical (unpaired) electrons. The van der Waals surface area contributed by atoms with Crippen LogP contribution < -0.4 is 0 Å². The molecule has 1 aliphatic heterocycles. The zero-order chi connectivity index (χ0) is 12.3. The molecular weight excluding hydrogens is 213 g/mol. The number of hydrogen-bond donors (Lipinski definition) is 0. The van der Waals surface area contributed by atoms with E-state index in [-0.39, 0.29) is 6.54 Å². The summed E-state index contributed by atoms with van der Waals surface area (Å²) in [4.78, 5) is 13.1. The Balaban J connectivity index is 2.56. The fourth-order valence-corrected chi connectivity index (χ4v) is 1.40. The molecule has 0 spiro atoms. The number of rotatable bonds is 0. The normalized spacial score (nSPS) is 27.4. The average Bonchev–Trinajstić information content (AvgIpc) is 2.27. The average molecular weight is 233 g/mol. The fraction of sp³-hybridized carbons (Fsp3) is 0.909. The number of halogens is 1. The lowest BCUT2D eigenvalue weighted by Crippen LogP contribution is -2.41. The molecule has 4 nitrogen and oxygen atoms in total. The number of nitrogens with zero attached hydrogens (tertiary/aromatic N) is 1. The maximum Gasteiger partial charge on any atom is 0.410 e. The third-order valence-electron chi connectivity index (χ3n) is 2.30. The van der Waals surface area contributed by atoms with Crippen molar-refractivity contribution in [1.29, 1.82) is 0 Å². The Labute approximate surface area is 95.7 Å². The number of carbonyl (C=O) groups excluding carboxylic acids is 1. The fourth-order valence-electron chi connectivity index (χ4n) is 1.40. The molecule has 1 amide bonds. The summed E-state index contributed by atoms with van der Waals surface area (Å²) in [5, 5.41) is 0. The van der Waals surface area contributed by atoms with Gasteiger partial charge in [0.1, 0.15) is 11.8 Å². The van der Waals surface area contributed by atoms with E-state index in [0.717, 1.165) is 0 Å². The molecule has 94 valence electrons. The minimum atomic E-state index is -1.16. The molecular formula is C11H20FNO3. The molecule has 1 aliphatic rings. The first-order valence-corrected chi connectivity index (χ1v) is 5.53. The number of hydrogen-bond acceptors (Lipinski definition) is 3. The van der Waals surface area contributed by atoms with Gasteiger partial charge in [0.15, 0.2) is 0 Å². The third kappa shape index (κ3) is 3.96. The third-order valence-corrected chi connectivity index (χ3v) is 2.30. The first kappa shape index (κ1) is 13.2. The number of ether oxygens (including phenoxy) is 2. The largest absolute Gasteiger partial charge is 0.444 e. The highest BCUT2D eigenvalue weighted by atomic mass is 19.1. The molecule has 0 N–H and O–H groups in total. The highest BCUT2D eigenvalue weighted by Crippen LogP contribution is 2.14. The van der Waals surface area contributed by atoms with Gasteiger partial charge in [-0.25, -0.2) is 9.18 Å². The first-order valence-electron chi connectivity index (χ1n) is 5.53. The Morgan fingerprint density at radius 2 is 2.12 bits per heavy atom. The van der Waals surface area contributed by atoms with Crippen LogP contribution in [0.5, 0.6) is 0 Å². The second-order valence-corrected chi connectivity index (χ2v) is 5.02. The summed E-state index contributed by atoms with van der Waals surface area (Å²) in [6.45, 7) is 7.79. The van der Waals surface area contributed by atoms with Gasteiger partial charge in [0.2, 0.25) is 0 Å². The van der Waals surface area contributed by atoms with E-state index in [4.69, 9.17) is 9.47 Å². The van der Waals surface area contributed by atoms with E-state index in [1.54, 1.807) is 27.7 Å². The van der Waals surface area contributed by atoms with Crippen molar-refractivity contribution in [2.75, 3.05) is 19.7 Å². The van der Waals surface area contributed by atoms with E-state index >= 15 is 0 Å². The molecule has 1 fully saturated rings. The standard InChI is InChI=1S/C11H20FNO3/c1-8-9(12)7-13(5-6-15-8)10(14)16-11(2,3)4/h8-9H,5-7H2,1-4H3/t8-,9?/m0/s1. The van der Waals surface area contributed by atoms with Crippen LogP contribution in [0.1, 0.15) is 27.7 Å². The van der Waals surface area contributed by atoms with Crippen molar-refractivity contribution in [2.45, 2.75) is 45.6 Å². The van der Waals surface area contributed by atoms with Gasteiger partial charge in [-0.3, -0.25) is 0 Å². The van der Waals surface area contributed by atoms with Crippen molar-refractivity contribution in [3.8, 4) is 0 Å². The first-order chi connectivity index (χ1) is 7.29. The molecule has 1 saturated heterocycles. The quantitative estimate of drug-likeness (QED) is 0.642. The Hall–Kier alpha value is -0.840. The molecule has 16 heavy (non-hydrogen) atoms. The van der Waals surface area contributed by atoms with E-state index < -0.39 is 24.0 Å². The predicted molar refractivity (Wildman–Crippen MR) is 58.1 cm³/mol. The SMILES string of the molecule is C[C@@H]1OCCN(C(=O)OC(C)(C)C)CC1F.